The van der Waals surface area contributed by atoms with Crippen LogP contribution < -0.4 is 5.32 Å². The average molecular weight is 227 g/mol. The first-order valence-electron chi connectivity index (χ1n) is 7.09. The lowest BCUT2D eigenvalue weighted by Gasteiger charge is -2.25. The van der Waals surface area contributed by atoms with E-state index in [1.807, 2.05) is 0 Å². The predicted octanol–water partition coefficient (Wildman–Crippen LogP) is 3.36. The van der Waals surface area contributed by atoms with Crippen molar-refractivity contribution in [3.8, 4) is 0 Å². The highest BCUT2D eigenvalue weighted by atomic mass is 16.5. The lowest BCUT2D eigenvalue weighted by atomic mass is 9.95. The molecule has 1 unspecified atom stereocenters. The van der Waals surface area contributed by atoms with Crippen LogP contribution in [0.2, 0.25) is 0 Å². The fraction of sp³-hybridized carbons (Fsp3) is 1.00. The first-order chi connectivity index (χ1) is 7.74. The van der Waals surface area contributed by atoms with E-state index in [1.165, 1.54) is 38.5 Å². The Hall–Kier alpha value is -0.0800. The van der Waals surface area contributed by atoms with Gasteiger partial charge < -0.3 is 10.1 Å². The topological polar surface area (TPSA) is 21.3 Å². The number of ether oxygens (including phenoxy) is 1. The molecule has 1 aliphatic carbocycles. The molecule has 1 saturated carbocycles. The molecule has 0 saturated heterocycles. The SMILES string of the molecule is CCCNC(CCOC(C)C)C1CCCC1. The normalized spacial score (nSPS) is 19.5. The van der Waals surface area contributed by atoms with E-state index in [9.17, 15) is 0 Å². The van der Waals surface area contributed by atoms with Gasteiger partial charge in [-0.05, 0) is 52.0 Å². The molecule has 2 nitrogen and oxygen atoms in total. The number of hydrogen-bond donors (Lipinski definition) is 1. The van der Waals surface area contributed by atoms with Crippen LogP contribution in [-0.2, 0) is 4.74 Å². The van der Waals surface area contributed by atoms with Crippen molar-refractivity contribution in [3.63, 3.8) is 0 Å². The summed E-state index contributed by atoms with van der Waals surface area (Å²) in [4.78, 5) is 0. The van der Waals surface area contributed by atoms with Crippen LogP contribution in [0.3, 0.4) is 0 Å². The van der Waals surface area contributed by atoms with Gasteiger partial charge in [0.2, 0.25) is 0 Å². The van der Waals surface area contributed by atoms with Crippen LogP contribution in [0.1, 0.15) is 59.3 Å². The molecule has 2 heteroatoms. The van der Waals surface area contributed by atoms with Crippen molar-refractivity contribution in [3.05, 3.63) is 0 Å². The molecule has 1 aliphatic rings. The molecule has 0 aliphatic heterocycles. The molecule has 0 aromatic rings. The van der Waals surface area contributed by atoms with Gasteiger partial charge in [0.25, 0.3) is 0 Å². The van der Waals surface area contributed by atoms with Crippen LogP contribution in [0.25, 0.3) is 0 Å². The Kier molecular flexibility index (Phi) is 7.06. The van der Waals surface area contributed by atoms with Crippen molar-refractivity contribution in [2.45, 2.75) is 71.4 Å². The van der Waals surface area contributed by atoms with Crippen molar-refractivity contribution < 1.29 is 4.74 Å². The van der Waals surface area contributed by atoms with Crippen molar-refractivity contribution in [2.75, 3.05) is 13.2 Å². The largest absolute Gasteiger partial charge is 0.379 e. The third-order valence-electron chi connectivity index (χ3n) is 3.51. The van der Waals surface area contributed by atoms with Crippen LogP contribution >= 0.6 is 0 Å². The highest BCUT2D eigenvalue weighted by molar-refractivity contribution is 4.80. The second-order valence-corrected chi connectivity index (χ2v) is 5.31. The van der Waals surface area contributed by atoms with E-state index in [1.54, 1.807) is 0 Å². The van der Waals surface area contributed by atoms with Gasteiger partial charge in [-0.1, -0.05) is 19.8 Å². The van der Waals surface area contributed by atoms with Gasteiger partial charge in [-0.3, -0.25) is 0 Å². The van der Waals surface area contributed by atoms with Crippen molar-refractivity contribution in [2.24, 2.45) is 5.92 Å². The number of hydrogen-bond acceptors (Lipinski definition) is 2. The third kappa shape index (κ3) is 5.31. The molecule has 0 heterocycles. The van der Waals surface area contributed by atoms with Gasteiger partial charge in [-0.25, -0.2) is 0 Å². The summed E-state index contributed by atoms with van der Waals surface area (Å²) >= 11 is 0. The third-order valence-corrected chi connectivity index (χ3v) is 3.51. The average Bonchev–Trinajstić information content (AvgIpc) is 2.75. The zero-order chi connectivity index (χ0) is 11.8. The van der Waals surface area contributed by atoms with E-state index in [2.05, 4.69) is 26.1 Å². The van der Waals surface area contributed by atoms with Gasteiger partial charge in [0.05, 0.1) is 6.10 Å². The molecule has 1 N–H and O–H groups in total. The number of rotatable bonds is 8. The van der Waals surface area contributed by atoms with E-state index in [4.69, 9.17) is 4.74 Å². The van der Waals surface area contributed by atoms with Gasteiger partial charge in [-0.2, -0.15) is 0 Å². The van der Waals surface area contributed by atoms with Crippen molar-refractivity contribution in [1.29, 1.82) is 0 Å². The van der Waals surface area contributed by atoms with Crippen LogP contribution in [0.15, 0.2) is 0 Å². The zero-order valence-corrected chi connectivity index (χ0v) is 11.3. The van der Waals surface area contributed by atoms with Crippen molar-refractivity contribution >= 4 is 0 Å². The Morgan fingerprint density at radius 1 is 1.25 bits per heavy atom. The monoisotopic (exact) mass is 227 g/mol. The molecule has 1 rings (SSSR count). The fourth-order valence-electron chi connectivity index (χ4n) is 2.62. The Labute approximate surface area is 101 Å². The second-order valence-electron chi connectivity index (χ2n) is 5.31. The molecule has 0 aromatic carbocycles. The lowest BCUT2D eigenvalue weighted by molar-refractivity contribution is 0.0673. The molecule has 1 fully saturated rings. The molecule has 1 atom stereocenters. The highest BCUT2D eigenvalue weighted by Gasteiger charge is 2.24. The molecule has 0 radical (unpaired) electrons. The Bertz CT molecular complexity index is 164. The molecule has 0 amide bonds. The maximum absolute atomic E-state index is 5.67. The van der Waals surface area contributed by atoms with Gasteiger partial charge >= 0.3 is 0 Å². The van der Waals surface area contributed by atoms with Gasteiger partial charge in [-0.15, -0.1) is 0 Å². The van der Waals surface area contributed by atoms with E-state index >= 15 is 0 Å². The van der Waals surface area contributed by atoms with E-state index in [-0.39, 0.29) is 0 Å². The summed E-state index contributed by atoms with van der Waals surface area (Å²) in [5.41, 5.74) is 0. The first-order valence-corrected chi connectivity index (χ1v) is 7.09. The minimum absolute atomic E-state index is 0.371. The Morgan fingerprint density at radius 3 is 2.50 bits per heavy atom. The molecular weight excluding hydrogens is 198 g/mol. The summed E-state index contributed by atoms with van der Waals surface area (Å²) in [5, 5.41) is 3.71. The zero-order valence-electron chi connectivity index (χ0n) is 11.3. The molecule has 0 bridgehead atoms. The molecule has 96 valence electrons. The molecule has 16 heavy (non-hydrogen) atoms. The van der Waals surface area contributed by atoms with Crippen LogP contribution in [0, 0.1) is 5.92 Å². The fourth-order valence-corrected chi connectivity index (χ4v) is 2.62. The summed E-state index contributed by atoms with van der Waals surface area (Å²) < 4.78 is 5.67. The minimum atomic E-state index is 0.371. The molecular formula is C14H29NO. The predicted molar refractivity (Wildman–Crippen MR) is 69.7 cm³/mol. The van der Waals surface area contributed by atoms with Crippen LogP contribution in [0.5, 0.6) is 0 Å². The maximum atomic E-state index is 5.67. The first kappa shape index (κ1) is 14.0. The quantitative estimate of drug-likeness (QED) is 0.686. The van der Waals surface area contributed by atoms with Crippen LogP contribution in [0.4, 0.5) is 0 Å². The van der Waals surface area contributed by atoms with E-state index < -0.39 is 0 Å². The second kappa shape index (κ2) is 8.08. The van der Waals surface area contributed by atoms with Gasteiger partial charge in [0.1, 0.15) is 0 Å². The lowest BCUT2D eigenvalue weighted by Crippen LogP contribution is -2.36. The Balaban J connectivity index is 2.25. The standard InChI is InChI=1S/C14H29NO/c1-4-10-15-14(9-11-16-12(2)3)13-7-5-6-8-13/h12-15H,4-11H2,1-3H3. The molecule has 0 aromatic heterocycles. The van der Waals surface area contributed by atoms with Gasteiger partial charge in [0.15, 0.2) is 0 Å². The van der Waals surface area contributed by atoms with Crippen LogP contribution in [-0.4, -0.2) is 25.3 Å². The van der Waals surface area contributed by atoms with E-state index in [0.29, 0.717) is 12.1 Å². The van der Waals surface area contributed by atoms with Gasteiger partial charge in [0, 0.05) is 12.6 Å². The Morgan fingerprint density at radius 2 is 1.94 bits per heavy atom. The minimum Gasteiger partial charge on any atom is -0.379 e. The summed E-state index contributed by atoms with van der Waals surface area (Å²) in [7, 11) is 0. The maximum Gasteiger partial charge on any atom is 0.0518 e. The number of nitrogens with one attached hydrogen (secondary N) is 1. The summed E-state index contributed by atoms with van der Waals surface area (Å²) in [6.07, 6.45) is 8.49. The molecule has 0 spiro atoms. The summed E-state index contributed by atoms with van der Waals surface area (Å²) in [6.45, 7) is 8.54. The summed E-state index contributed by atoms with van der Waals surface area (Å²) in [5.74, 6) is 0.905. The summed E-state index contributed by atoms with van der Waals surface area (Å²) in [6, 6.07) is 0.696. The van der Waals surface area contributed by atoms with E-state index in [0.717, 1.165) is 19.1 Å². The smallest absolute Gasteiger partial charge is 0.0518 e. The van der Waals surface area contributed by atoms with Crippen molar-refractivity contribution in [1.82, 2.24) is 5.32 Å². The highest BCUT2D eigenvalue weighted by Crippen LogP contribution is 2.29.